The van der Waals surface area contributed by atoms with E-state index in [0.29, 0.717) is 11.5 Å². The van der Waals surface area contributed by atoms with Crippen LogP contribution in [0.25, 0.3) is 0 Å². The Balaban J connectivity index is 1.75. The number of fused-ring (bicyclic) bond motifs is 1. The first-order valence-corrected chi connectivity index (χ1v) is 8.50. The van der Waals surface area contributed by atoms with Crippen LogP contribution < -0.4 is 10.3 Å². The van der Waals surface area contributed by atoms with Crippen LogP contribution >= 0.6 is 0 Å². The van der Waals surface area contributed by atoms with Crippen molar-refractivity contribution in [3.63, 3.8) is 0 Å². The fourth-order valence-corrected chi connectivity index (χ4v) is 3.40. The molecule has 0 bridgehead atoms. The molecule has 0 radical (unpaired) electrons. The lowest BCUT2D eigenvalue weighted by Gasteiger charge is -2.45. The second-order valence-electron chi connectivity index (χ2n) is 7.24. The zero-order valence-corrected chi connectivity index (χ0v) is 15.2. The van der Waals surface area contributed by atoms with Gasteiger partial charge in [-0.2, -0.15) is 5.10 Å². The summed E-state index contributed by atoms with van der Waals surface area (Å²) in [4.78, 5) is 18.2. The molecule has 2 heterocycles. The highest BCUT2D eigenvalue weighted by molar-refractivity contribution is 5.94. The van der Waals surface area contributed by atoms with Gasteiger partial charge >= 0.3 is 0 Å². The zero-order valence-electron chi connectivity index (χ0n) is 15.2. The summed E-state index contributed by atoms with van der Waals surface area (Å²) >= 11 is 0. The van der Waals surface area contributed by atoms with Gasteiger partial charge in [-0.1, -0.05) is 13.0 Å². The molecule has 1 aromatic heterocycles. The summed E-state index contributed by atoms with van der Waals surface area (Å²) in [6.45, 7) is 6.81. The number of hydrogen-bond acceptors (Lipinski definition) is 4. The molecule has 5 nitrogen and oxygen atoms in total. The van der Waals surface area contributed by atoms with Crippen molar-refractivity contribution >= 4 is 17.8 Å². The van der Waals surface area contributed by atoms with E-state index >= 15 is 0 Å². The fourth-order valence-electron chi connectivity index (χ4n) is 3.40. The standard InChI is InChI=1S/C20H24N4O/c1-14-11-20(2,3)24(4)18-8-7-15(10-17(14)18)12-22-23-19(25)16-6-5-9-21-13-16/h5-10,12-14H,11H2,1-4H3,(H,23,25)/b22-12-/t14-/m1/s1. The number of nitrogens with zero attached hydrogens (tertiary/aromatic N) is 3. The van der Waals surface area contributed by atoms with Gasteiger partial charge in [0.1, 0.15) is 0 Å². The first-order valence-electron chi connectivity index (χ1n) is 8.50. The average molecular weight is 336 g/mol. The molecule has 5 heteroatoms. The van der Waals surface area contributed by atoms with Crippen LogP contribution in [-0.4, -0.2) is 29.7 Å². The van der Waals surface area contributed by atoms with E-state index in [1.54, 1.807) is 24.5 Å². The molecule has 1 aliphatic heterocycles. The summed E-state index contributed by atoms with van der Waals surface area (Å²) in [6, 6.07) is 9.75. The van der Waals surface area contributed by atoms with E-state index < -0.39 is 0 Å². The summed E-state index contributed by atoms with van der Waals surface area (Å²) in [5.41, 5.74) is 6.75. The summed E-state index contributed by atoms with van der Waals surface area (Å²) in [5, 5.41) is 4.07. The smallest absolute Gasteiger partial charge is 0.272 e. The van der Waals surface area contributed by atoms with E-state index in [9.17, 15) is 4.79 Å². The maximum Gasteiger partial charge on any atom is 0.272 e. The van der Waals surface area contributed by atoms with Gasteiger partial charge in [-0.15, -0.1) is 0 Å². The number of carbonyl (C=O) groups is 1. The van der Waals surface area contributed by atoms with E-state index in [1.807, 2.05) is 6.07 Å². The quantitative estimate of drug-likeness (QED) is 0.688. The van der Waals surface area contributed by atoms with Gasteiger partial charge in [0.2, 0.25) is 0 Å². The lowest BCUT2D eigenvalue weighted by atomic mass is 9.80. The van der Waals surface area contributed by atoms with Gasteiger partial charge in [0.15, 0.2) is 0 Å². The van der Waals surface area contributed by atoms with Gasteiger partial charge in [-0.3, -0.25) is 9.78 Å². The number of aromatic nitrogens is 1. The van der Waals surface area contributed by atoms with Crippen molar-refractivity contribution in [1.82, 2.24) is 10.4 Å². The Morgan fingerprint density at radius 1 is 1.40 bits per heavy atom. The number of carbonyl (C=O) groups excluding carboxylic acids is 1. The molecule has 1 aliphatic rings. The molecule has 1 N–H and O–H groups in total. The van der Waals surface area contributed by atoms with Gasteiger partial charge in [0.25, 0.3) is 5.91 Å². The Morgan fingerprint density at radius 2 is 2.20 bits per heavy atom. The molecule has 0 saturated heterocycles. The monoisotopic (exact) mass is 336 g/mol. The Morgan fingerprint density at radius 3 is 2.92 bits per heavy atom. The highest BCUT2D eigenvalue weighted by Gasteiger charge is 2.33. The molecule has 25 heavy (non-hydrogen) atoms. The van der Waals surface area contributed by atoms with Crippen LogP contribution in [0.15, 0.2) is 47.8 Å². The van der Waals surface area contributed by atoms with Crippen LogP contribution in [0.4, 0.5) is 5.69 Å². The number of nitrogens with one attached hydrogen (secondary N) is 1. The molecular weight excluding hydrogens is 312 g/mol. The van der Waals surface area contributed by atoms with Crippen LogP contribution in [-0.2, 0) is 0 Å². The van der Waals surface area contributed by atoms with Crippen molar-refractivity contribution in [2.75, 3.05) is 11.9 Å². The first kappa shape index (κ1) is 17.1. The van der Waals surface area contributed by atoms with E-state index in [1.165, 1.54) is 17.4 Å². The summed E-state index contributed by atoms with van der Waals surface area (Å²) < 4.78 is 0. The lowest BCUT2D eigenvalue weighted by Crippen LogP contribution is -2.45. The Labute approximate surface area is 148 Å². The lowest BCUT2D eigenvalue weighted by molar-refractivity contribution is 0.0955. The molecule has 0 saturated carbocycles. The third-order valence-electron chi connectivity index (χ3n) is 4.96. The van der Waals surface area contributed by atoms with Crippen molar-refractivity contribution in [2.24, 2.45) is 5.10 Å². The molecule has 0 unspecified atom stereocenters. The number of hydrogen-bond donors (Lipinski definition) is 1. The Bertz CT molecular complexity index is 799. The van der Waals surface area contributed by atoms with Crippen molar-refractivity contribution in [2.45, 2.75) is 38.6 Å². The molecule has 130 valence electrons. The fraction of sp³-hybridized carbons (Fsp3) is 0.350. The van der Waals surface area contributed by atoms with Crippen LogP contribution in [0.2, 0.25) is 0 Å². The molecule has 3 rings (SSSR count). The maximum absolute atomic E-state index is 12.0. The minimum absolute atomic E-state index is 0.152. The summed E-state index contributed by atoms with van der Waals surface area (Å²) in [7, 11) is 2.15. The van der Waals surface area contributed by atoms with E-state index in [2.05, 4.69) is 60.4 Å². The summed E-state index contributed by atoms with van der Waals surface area (Å²) in [6.07, 6.45) is 5.94. The van der Waals surface area contributed by atoms with Crippen LogP contribution in [0.3, 0.4) is 0 Å². The number of amides is 1. The first-order chi connectivity index (χ1) is 11.9. The van der Waals surface area contributed by atoms with E-state index in [4.69, 9.17) is 0 Å². The van der Waals surface area contributed by atoms with Gasteiger partial charge in [-0.25, -0.2) is 5.43 Å². The second-order valence-corrected chi connectivity index (χ2v) is 7.24. The SMILES string of the molecule is C[C@@H]1CC(C)(C)N(C)c2ccc(/C=N\NC(=O)c3cccnc3)cc21. The minimum Gasteiger partial charge on any atom is -0.369 e. The highest BCUT2D eigenvalue weighted by Crippen LogP contribution is 2.42. The number of pyridine rings is 1. The van der Waals surface area contributed by atoms with Gasteiger partial charge in [-0.05, 0) is 61.6 Å². The number of rotatable bonds is 3. The Kier molecular flexibility index (Phi) is 4.57. The normalized spacial score (nSPS) is 18.9. The molecule has 0 aliphatic carbocycles. The third kappa shape index (κ3) is 3.55. The molecule has 1 atom stereocenters. The Hall–Kier alpha value is -2.69. The zero-order chi connectivity index (χ0) is 18.0. The molecule has 2 aromatic rings. The molecular formula is C20H24N4O. The summed E-state index contributed by atoms with van der Waals surface area (Å²) in [5.74, 6) is 0.219. The number of anilines is 1. The average Bonchev–Trinajstić information content (AvgIpc) is 2.60. The van der Waals surface area contributed by atoms with Crippen molar-refractivity contribution in [1.29, 1.82) is 0 Å². The van der Waals surface area contributed by atoms with E-state index in [0.717, 1.165) is 12.0 Å². The molecule has 0 fully saturated rings. The number of benzene rings is 1. The molecule has 1 aromatic carbocycles. The minimum atomic E-state index is -0.267. The van der Waals surface area contributed by atoms with E-state index in [-0.39, 0.29) is 11.4 Å². The van der Waals surface area contributed by atoms with Gasteiger partial charge in [0.05, 0.1) is 11.8 Å². The number of hydrazone groups is 1. The van der Waals surface area contributed by atoms with Crippen molar-refractivity contribution < 1.29 is 4.79 Å². The second kappa shape index (κ2) is 6.67. The van der Waals surface area contributed by atoms with Crippen molar-refractivity contribution in [3.05, 3.63) is 59.4 Å². The third-order valence-corrected chi connectivity index (χ3v) is 4.96. The van der Waals surface area contributed by atoms with Crippen LogP contribution in [0, 0.1) is 0 Å². The van der Waals surface area contributed by atoms with Crippen LogP contribution in [0.1, 0.15) is 54.6 Å². The largest absolute Gasteiger partial charge is 0.369 e. The predicted octanol–water partition coefficient (Wildman–Crippen LogP) is 3.57. The highest BCUT2D eigenvalue weighted by atomic mass is 16.2. The predicted molar refractivity (Wildman–Crippen MR) is 101 cm³/mol. The van der Waals surface area contributed by atoms with Gasteiger partial charge in [0, 0.05) is 30.7 Å². The maximum atomic E-state index is 12.0. The van der Waals surface area contributed by atoms with Crippen molar-refractivity contribution in [3.8, 4) is 0 Å². The van der Waals surface area contributed by atoms with Gasteiger partial charge < -0.3 is 4.90 Å². The molecule has 1 amide bonds. The molecule has 0 spiro atoms. The van der Waals surface area contributed by atoms with Crippen LogP contribution in [0.5, 0.6) is 0 Å². The topological polar surface area (TPSA) is 57.6 Å².